The Balaban J connectivity index is 1.58. The number of nitrogens with one attached hydrogen (secondary N) is 1. The second-order valence-corrected chi connectivity index (χ2v) is 6.02. The molecule has 0 radical (unpaired) electrons. The molecule has 0 saturated carbocycles. The molecule has 4 nitrogen and oxygen atoms in total. The highest BCUT2D eigenvalue weighted by Crippen LogP contribution is 2.18. The number of fused-ring (bicyclic) bond motifs is 1. The molecular weight excluding hydrogens is 368 g/mol. The standard InChI is InChI=1S/C19H15BrN2O2/c20-16-8-4-9-17(11-16)24-13-19(23)22-21-12-15-7-3-6-14-5-1-2-10-18(14)15/h1-12H,13H2,(H,22,23)/b21-12-. The Labute approximate surface area is 148 Å². The van der Waals surface area contributed by atoms with Gasteiger partial charge in [-0.3, -0.25) is 4.79 Å². The molecule has 3 rings (SSSR count). The fourth-order valence-electron chi connectivity index (χ4n) is 2.27. The number of benzene rings is 3. The lowest BCUT2D eigenvalue weighted by Gasteiger charge is -2.05. The quantitative estimate of drug-likeness (QED) is 0.532. The lowest BCUT2D eigenvalue weighted by molar-refractivity contribution is -0.123. The van der Waals surface area contributed by atoms with E-state index < -0.39 is 0 Å². The summed E-state index contributed by atoms with van der Waals surface area (Å²) in [5, 5.41) is 6.22. The highest BCUT2D eigenvalue weighted by atomic mass is 79.9. The van der Waals surface area contributed by atoms with E-state index in [2.05, 4.69) is 26.5 Å². The van der Waals surface area contributed by atoms with Gasteiger partial charge in [-0.15, -0.1) is 0 Å². The van der Waals surface area contributed by atoms with Crippen molar-refractivity contribution in [2.24, 2.45) is 5.10 Å². The first kappa shape index (κ1) is 16.2. The summed E-state index contributed by atoms with van der Waals surface area (Å²) < 4.78 is 6.30. The molecule has 0 aliphatic carbocycles. The third kappa shape index (κ3) is 4.20. The maximum Gasteiger partial charge on any atom is 0.277 e. The van der Waals surface area contributed by atoms with Gasteiger partial charge in [0.2, 0.25) is 0 Å². The number of carbonyl (C=O) groups excluding carboxylic acids is 1. The van der Waals surface area contributed by atoms with Gasteiger partial charge in [0.15, 0.2) is 6.61 Å². The molecule has 0 aromatic heterocycles. The van der Waals surface area contributed by atoms with Gasteiger partial charge < -0.3 is 4.74 Å². The zero-order valence-electron chi connectivity index (χ0n) is 12.8. The van der Waals surface area contributed by atoms with E-state index in [0.717, 1.165) is 20.8 Å². The second-order valence-electron chi connectivity index (χ2n) is 5.11. The first-order valence-electron chi connectivity index (χ1n) is 7.40. The van der Waals surface area contributed by atoms with Gasteiger partial charge in [0.05, 0.1) is 6.21 Å². The van der Waals surface area contributed by atoms with E-state index >= 15 is 0 Å². The van der Waals surface area contributed by atoms with Crippen molar-refractivity contribution in [3.8, 4) is 5.75 Å². The van der Waals surface area contributed by atoms with Crippen LogP contribution in [0.1, 0.15) is 5.56 Å². The number of amides is 1. The van der Waals surface area contributed by atoms with Crippen LogP contribution in [0.3, 0.4) is 0 Å². The Kier molecular flexibility index (Phi) is 5.23. The Morgan fingerprint density at radius 3 is 2.75 bits per heavy atom. The van der Waals surface area contributed by atoms with Crippen LogP contribution in [0.2, 0.25) is 0 Å². The Bertz CT molecular complexity index is 888. The SMILES string of the molecule is O=C(COc1cccc(Br)c1)N/N=C\c1cccc2ccccc12. The van der Waals surface area contributed by atoms with E-state index in [1.807, 2.05) is 54.6 Å². The molecule has 120 valence electrons. The summed E-state index contributed by atoms with van der Waals surface area (Å²) in [5.74, 6) is 0.309. The predicted octanol–water partition coefficient (Wildman–Crippen LogP) is 4.13. The van der Waals surface area contributed by atoms with Crippen LogP contribution in [0.4, 0.5) is 0 Å². The fourth-order valence-corrected chi connectivity index (χ4v) is 2.65. The molecule has 0 unspecified atom stereocenters. The van der Waals surface area contributed by atoms with E-state index in [1.165, 1.54) is 0 Å². The van der Waals surface area contributed by atoms with Crippen molar-refractivity contribution in [1.29, 1.82) is 0 Å². The number of halogens is 1. The molecule has 3 aromatic rings. The summed E-state index contributed by atoms with van der Waals surface area (Å²) in [7, 11) is 0. The topological polar surface area (TPSA) is 50.7 Å². The van der Waals surface area contributed by atoms with E-state index in [-0.39, 0.29) is 12.5 Å². The van der Waals surface area contributed by atoms with Crippen molar-refractivity contribution >= 4 is 38.8 Å². The van der Waals surface area contributed by atoms with Crippen molar-refractivity contribution in [3.63, 3.8) is 0 Å². The van der Waals surface area contributed by atoms with Gasteiger partial charge in [-0.05, 0) is 29.0 Å². The Hall–Kier alpha value is -2.66. The van der Waals surface area contributed by atoms with Gasteiger partial charge in [0, 0.05) is 10.0 Å². The maximum absolute atomic E-state index is 11.8. The smallest absolute Gasteiger partial charge is 0.277 e. The van der Waals surface area contributed by atoms with Crippen molar-refractivity contribution in [1.82, 2.24) is 5.43 Å². The predicted molar refractivity (Wildman–Crippen MR) is 99.3 cm³/mol. The van der Waals surface area contributed by atoms with E-state index in [0.29, 0.717) is 5.75 Å². The van der Waals surface area contributed by atoms with Gasteiger partial charge in [0.25, 0.3) is 5.91 Å². The maximum atomic E-state index is 11.8. The minimum atomic E-state index is -0.313. The van der Waals surface area contributed by atoms with Crippen LogP contribution >= 0.6 is 15.9 Å². The van der Waals surface area contributed by atoms with Crippen LogP contribution < -0.4 is 10.2 Å². The number of nitrogens with zero attached hydrogens (tertiary/aromatic N) is 1. The molecule has 3 aromatic carbocycles. The zero-order valence-corrected chi connectivity index (χ0v) is 14.4. The highest BCUT2D eigenvalue weighted by Gasteiger charge is 2.02. The van der Waals surface area contributed by atoms with E-state index in [9.17, 15) is 4.79 Å². The monoisotopic (exact) mass is 382 g/mol. The average Bonchev–Trinajstić information content (AvgIpc) is 2.60. The Morgan fingerprint density at radius 2 is 1.88 bits per heavy atom. The highest BCUT2D eigenvalue weighted by molar-refractivity contribution is 9.10. The molecule has 0 aliphatic rings. The Morgan fingerprint density at radius 1 is 1.08 bits per heavy atom. The molecule has 0 fully saturated rings. The summed E-state index contributed by atoms with van der Waals surface area (Å²) in [4.78, 5) is 11.8. The van der Waals surface area contributed by atoms with Gasteiger partial charge in [-0.2, -0.15) is 5.10 Å². The number of hydrazone groups is 1. The van der Waals surface area contributed by atoms with Crippen LogP contribution in [0.5, 0.6) is 5.75 Å². The molecule has 5 heteroatoms. The van der Waals surface area contributed by atoms with Gasteiger partial charge in [0.1, 0.15) is 5.75 Å². The number of rotatable bonds is 5. The van der Waals surface area contributed by atoms with Crippen LogP contribution in [0.15, 0.2) is 76.3 Å². The summed E-state index contributed by atoms with van der Waals surface area (Å²) in [6, 6.07) is 21.3. The van der Waals surface area contributed by atoms with Crippen molar-refractivity contribution in [2.75, 3.05) is 6.61 Å². The number of ether oxygens (including phenoxy) is 1. The fraction of sp³-hybridized carbons (Fsp3) is 0.0526. The molecule has 0 aliphatic heterocycles. The number of hydrogen-bond donors (Lipinski definition) is 1. The zero-order chi connectivity index (χ0) is 16.8. The molecule has 1 N–H and O–H groups in total. The molecule has 0 saturated heterocycles. The van der Waals surface area contributed by atoms with Crippen LogP contribution in [-0.4, -0.2) is 18.7 Å². The van der Waals surface area contributed by atoms with Crippen molar-refractivity contribution < 1.29 is 9.53 Å². The molecule has 0 heterocycles. The van der Waals surface area contributed by atoms with Crippen molar-refractivity contribution in [2.45, 2.75) is 0 Å². The third-order valence-corrected chi connectivity index (χ3v) is 3.88. The normalized spacial score (nSPS) is 10.9. The van der Waals surface area contributed by atoms with E-state index in [1.54, 1.807) is 18.3 Å². The lowest BCUT2D eigenvalue weighted by Crippen LogP contribution is -2.24. The van der Waals surface area contributed by atoms with Gasteiger partial charge >= 0.3 is 0 Å². The number of carbonyl (C=O) groups is 1. The van der Waals surface area contributed by atoms with Crippen LogP contribution in [0, 0.1) is 0 Å². The molecule has 0 atom stereocenters. The van der Waals surface area contributed by atoms with Crippen LogP contribution in [0.25, 0.3) is 10.8 Å². The third-order valence-electron chi connectivity index (χ3n) is 3.38. The molecular formula is C19H15BrN2O2. The lowest BCUT2D eigenvalue weighted by atomic mass is 10.1. The minimum Gasteiger partial charge on any atom is -0.484 e. The summed E-state index contributed by atoms with van der Waals surface area (Å²) in [6.45, 7) is -0.0939. The molecule has 0 bridgehead atoms. The molecule has 1 amide bonds. The largest absolute Gasteiger partial charge is 0.484 e. The number of hydrogen-bond acceptors (Lipinski definition) is 3. The first-order valence-corrected chi connectivity index (χ1v) is 8.20. The minimum absolute atomic E-state index is 0.0939. The summed E-state index contributed by atoms with van der Waals surface area (Å²) in [6.07, 6.45) is 1.64. The van der Waals surface area contributed by atoms with Crippen LogP contribution in [-0.2, 0) is 4.79 Å². The second kappa shape index (κ2) is 7.75. The summed E-state index contributed by atoms with van der Waals surface area (Å²) in [5.41, 5.74) is 3.42. The first-order chi connectivity index (χ1) is 11.7. The van der Waals surface area contributed by atoms with Gasteiger partial charge in [-0.1, -0.05) is 64.5 Å². The summed E-state index contributed by atoms with van der Waals surface area (Å²) >= 11 is 3.35. The van der Waals surface area contributed by atoms with E-state index in [4.69, 9.17) is 4.74 Å². The average molecular weight is 383 g/mol. The van der Waals surface area contributed by atoms with Gasteiger partial charge in [-0.25, -0.2) is 5.43 Å². The molecule has 0 spiro atoms. The molecule has 24 heavy (non-hydrogen) atoms. The van der Waals surface area contributed by atoms with Crippen molar-refractivity contribution in [3.05, 3.63) is 76.8 Å².